The van der Waals surface area contributed by atoms with Gasteiger partial charge in [-0.05, 0) is 42.3 Å². The van der Waals surface area contributed by atoms with Crippen molar-refractivity contribution >= 4 is 16.8 Å². The molecular formula is C15H19N3O. The number of hydrogen-bond donors (Lipinski definition) is 3. The van der Waals surface area contributed by atoms with Gasteiger partial charge in [0, 0.05) is 24.8 Å². The van der Waals surface area contributed by atoms with Crippen molar-refractivity contribution in [2.75, 3.05) is 6.54 Å². The molecule has 3 N–H and O–H groups in total. The Labute approximate surface area is 112 Å². The van der Waals surface area contributed by atoms with Gasteiger partial charge in [0.25, 0.3) is 0 Å². The van der Waals surface area contributed by atoms with Crippen LogP contribution < -0.4 is 10.6 Å². The average Bonchev–Trinajstić information content (AvgIpc) is 2.79. The summed E-state index contributed by atoms with van der Waals surface area (Å²) in [5.74, 6) is 0.137. The number of benzene rings is 1. The van der Waals surface area contributed by atoms with Crippen LogP contribution in [0.1, 0.15) is 24.8 Å². The summed E-state index contributed by atoms with van der Waals surface area (Å²) in [6.07, 6.45) is 5.06. The zero-order valence-corrected chi connectivity index (χ0v) is 10.9. The maximum Gasteiger partial charge on any atom is 0.237 e. The topological polar surface area (TPSA) is 56.9 Å². The molecule has 19 heavy (non-hydrogen) atoms. The Morgan fingerprint density at radius 2 is 2.21 bits per heavy atom. The number of fused-ring (bicyclic) bond motifs is 1. The largest absolute Gasteiger partial charge is 0.361 e. The van der Waals surface area contributed by atoms with Gasteiger partial charge in [-0.25, -0.2) is 0 Å². The number of H-pyrrole nitrogens is 1. The van der Waals surface area contributed by atoms with E-state index in [4.69, 9.17) is 0 Å². The van der Waals surface area contributed by atoms with E-state index < -0.39 is 0 Å². The molecule has 1 aromatic carbocycles. The highest BCUT2D eigenvalue weighted by Crippen LogP contribution is 2.14. The molecule has 1 fully saturated rings. The predicted molar refractivity (Wildman–Crippen MR) is 75.8 cm³/mol. The number of hydrogen-bond acceptors (Lipinski definition) is 2. The van der Waals surface area contributed by atoms with Crippen molar-refractivity contribution in [2.24, 2.45) is 0 Å². The lowest BCUT2D eigenvalue weighted by Gasteiger charge is -2.15. The second-order valence-electron chi connectivity index (χ2n) is 5.12. The summed E-state index contributed by atoms with van der Waals surface area (Å²) >= 11 is 0. The Morgan fingerprint density at radius 3 is 3.16 bits per heavy atom. The Bertz CT molecular complexity index is 576. The highest BCUT2D eigenvalue weighted by molar-refractivity contribution is 5.82. The minimum Gasteiger partial charge on any atom is -0.361 e. The standard InChI is InChI=1S/C15H19N3O/c19-15-13(3-1-2-7-17-15)18-10-11-4-5-12-6-8-16-14(12)9-11/h4-6,8-9,13,16,18H,1-3,7,10H2,(H,17,19). The molecule has 1 amide bonds. The van der Waals surface area contributed by atoms with Gasteiger partial charge in [0.2, 0.25) is 5.91 Å². The molecule has 0 radical (unpaired) electrons. The van der Waals surface area contributed by atoms with Gasteiger partial charge in [0.1, 0.15) is 0 Å². The quantitative estimate of drug-likeness (QED) is 0.787. The van der Waals surface area contributed by atoms with Crippen molar-refractivity contribution in [3.8, 4) is 0 Å². The fraction of sp³-hybridized carbons (Fsp3) is 0.400. The second-order valence-corrected chi connectivity index (χ2v) is 5.12. The smallest absolute Gasteiger partial charge is 0.237 e. The van der Waals surface area contributed by atoms with Crippen LogP contribution in [0.4, 0.5) is 0 Å². The van der Waals surface area contributed by atoms with Crippen LogP contribution in [0.25, 0.3) is 10.9 Å². The molecule has 1 atom stereocenters. The molecule has 1 aliphatic heterocycles. The van der Waals surface area contributed by atoms with Crippen molar-refractivity contribution in [3.63, 3.8) is 0 Å². The summed E-state index contributed by atoms with van der Waals surface area (Å²) in [6.45, 7) is 1.54. The predicted octanol–water partition coefficient (Wildman–Crippen LogP) is 1.93. The molecule has 4 nitrogen and oxygen atoms in total. The molecule has 0 spiro atoms. The van der Waals surface area contributed by atoms with Crippen molar-refractivity contribution in [2.45, 2.75) is 31.8 Å². The summed E-state index contributed by atoms with van der Waals surface area (Å²) in [5.41, 5.74) is 2.34. The Kier molecular flexibility index (Phi) is 3.51. The zero-order valence-electron chi connectivity index (χ0n) is 10.9. The van der Waals surface area contributed by atoms with Crippen molar-refractivity contribution < 1.29 is 4.79 Å². The van der Waals surface area contributed by atoms with Crippen LogP contribution in [0.3, 0.4) is 0 Å². The number of carbonyl (C=O) groups is 1. The molecule has 0 saturated carbocycles. The summed E-state index contributed by atoms with van der Waals surface area (Å²) in [4.78, 5) is 15.0. The number of amides is 1. The monoisotopic (exact) mass is 257 g/mol. The third-order valence-electron chi connectivity index (χ3n) is 3.71. The zero-order chi connectivity index (χ0) is 13.1. The van der Waals surface area contributed by atoms with E-state index in [1.807, 2.05) is 6.20 Å². The molecule has 2 heterocycles. The van der Waals surface area contributed by atoms with E-state index in [0.29, 0.717) is 0 Å². The van der Waals surface area contributed by atoms with Crippen molar-refractivity contribution in [3.05, 3.63) is 36.0 Å². The second kappa shape index (κ2) is 5.45. The lowest BCUT2D eigenvalue weighted by Crippen LogP contribution is -2.42. The van der Waals surface area contributed by atoms with E-state index in [-0.39, 0.29) is 11.9 Å². The van der Waals surface area contributed by atoms with E-state index in [1.54, 1.807) is 0 Å². The fourth-order valence-electron chi connectivity index (χ4n) is 2.58. The summed E-state index contributed by atoms with van der Waals surface area (Å²) in [5, 5.41) is 7.53. The number of carbonyl (C=O) groups excluding carboxylic acids is 1. The van der Waals surface area contributed by atoms with E-state index in [2.05, 4.69) is 39.9 Å². The summed E-state index contributed by atoms with van der Waals surface area (Å²) in [7, 11) is 0. The van der Waals surface area contributed by atoms with Crippen molar-refractivity contribution in [1.82, 2.24) is 15.6 Å². The highest BCUT2D eigenvalue weighted by atomic mass is 16.2. The summed E-state index contributed by atoms with van der Waals surface area (Å²) < 4.78 is 0. The van der Waals surface area contributed by atoms with Crippen LogP contribution in [0.2, 0.25) is 0 Å². The Balaban J connectivity index is 1.65. The molecule has 1 aromatic heterocycles. The minimum atomic E-state index is -0.0539. The molecule has 100 valence electrons. The molecule has 0 bridgehead atoms. The highest BCUT2D eigenvalue weighted by Gasteiger charge is 2.19. The molecule has 1 unspecified atom stereocenters. The van der Waals surface area contributed by atoms with Gasteiger partial charge in [0.15, 0.2) is 0 Å². The molecule has 2 aromatic rings. The molecule has 0 aliphatic carbocycles. The SMILES string of the molecule is O=C1NCCCCC1NCc1ccc2cc[nH]c2c1. The van der Waals surface area contributed by atoms with Gasteiger partial charge < -0.3 is 15.6 Å². The molecular weight excluding hydrogens is 238 g/mol. The van der Waals surface area contributed by atoms with Crippen LogP contribution >= 0.6 is 0 Å². The molecule has 4 heteroatoms. The van der Waals surface area contributed by atoms with Crippen LogP contribution in [-0.4, -0.2) is 23.5 Å². The number of aromatic amines is 1. The van der Waals surface area contributed by atoms with Gasteiger partial charge in [-0.2, -0.15) is 0 Å². The normalized spacial score (nSPS) is 20.2. The van der Waals surface area contributed by atoms with Gasteiger partial charge in [-0.15, -0.1) is 0 Å². The van der Waals surface area contributed by atoms with Crippen molar-refractivity contribution in [1.29, 1.82) is 0 Å². The molecule has 1 saturated heterocycles. The van der Waals surface area contributed by atoms with Crippen LogP contribution in [0.5, 0.6) is 0 Å². The van der Waals surface area contributed by atoms with E-state index in [0.717, 1.165) is 37.9 Å². The molecule has 1 aliphatic rings. The first-order chi connectivity index (χ1) is 9.33. The van der Waals surface area contributed by atoms with Crippen LogP contribution in [0.15, 0.2) is 30.5 Å². The van der Waals surface area contributed by atoms with Crippen LogP contribution in [0, 0.1) is 0 Å². The lowest BCUT2D eigenvalue weighted by molar-refractivity contribution is -0.122. The third-order valence-corrected chi connectivity index (χ3v) is 3.71. The first-order valence-electron chi connectivity index (χ1n) is 6.90. The first kappa shape index (κ1) is 12.2. The number of aromatic nitrogens is 1. The minimum absolute atomic E-state index is 0.0539. The number of rotatable bonds is 3. The first-order valence-corrected chi connectivity index (χ1v) is 6.90. The maximum absolute atomic E-state index is 11.8. The number of nitrogens with one attached hydrogen (secondary N) is 3. The maximum atomic E-state index is 11.8. The van der Waals surface area contributed by atoms with E-state index in [1.165, 1.54) is 10.9 Å². The fourth-order valence-corrected chi connectivity index (χ4v) is 2.58. The third kappa shape index (κ3) is 2.79. The van der Waals surface area contributed by atoms with Gasteiger partial charge in [-0.3, -0.25) is 4.79 Å². The van der Waals surface area contributed by atoms with E-state index in [9.17, 15) is 4.79 Å². The summed E-state index contributed by atoms with van der Waals surface area (Å²) in [6, 6.07) is 8.36. The average molecular weight is 257 g/mol. The van der Waals surface area contributed by atoms with Gasteiger partial charge in [-0.1, -0.05) is 12.1 Å². The van der Waals surface area contributed by atoms with Gasteiger partial charge >= 0.3 is 0 Å². The Morgan fingerprint density at radius 1 is 1.26 bits per heavy atom. The Hall–Kier alpha value is -1.81. The molecule has 3 rings (SSSR count). The van der Waals surface area contributed by atoms with E-state index >= 15 is 0 Å². The van der Waals surface area contributed by atoms with Crippen LogP contribution in [-0.2, 0) is 11.3 Å². The lowest BCUT2D eigenvalue weighted by atomic mass is 10.1. The van der Waals surface area contributed by atoms with Gasteiger partial charge in [0.05, 0.1) is 6.04 Å².